The normalized spacial score (nSPS) is 13.7. The average molecular weight is 972 g/mol. The third kappa shape index (κ3) is 10.4. The van der Waals surface area contributed by atoms with E-state index in [1.807, 2.05) is 134 Å². The molecule has 10 rings (SSSR count). The number of carbonyl (C=O) groups excluding carboxylic acids is 2. The number of nitrogens with one attached hydrogen (secondary N) is 1. The second-order valence-corrected chi connectivity index (χ2v) is 19.6. The molecule has 0 saturated heterocycles. The van der Waals surface area contributed by atoms with Crippen molar-refractivity contribution in [2.24, 2.45) is 0 Å². The minimum Gasteiger partial charge on any atom is -0.493 e. The van der Waals surface area contributed by atoms with Crippen LogP contribution in [0.3, 0.4) is 0 Å². The molecule has 372 valence electrons. The van der Waals surface area contributed by atoms with Crippen LogP contribution >= 0.6 is 0 Å². The molecule has 72 heavy (non-hydrogen) atoms. The highest BCUT2D eigenvalue weighted by molar-refractivity contribution is 6.09. The minimum atomic E-state index is -1.45. The molecule has 0 fully saturated rings. The fourth-order valence-electron chi connectivity index (χ4n) is 9.52. The maximum Gasteiger partial charge on any atom is 0.339 e. The number of aliphatic hydroxyl groups is 1. The SMILES string of the molecule is CC(=N)OC(C)(C)C.COC(=O)[C@@H](O)c1c(C)nc2ccccc2c1-c1ccc2c3c(ccnc13)CCO2.COC(=O)[C@@H](OC(C)(C)C)c1c(C)nc2ccccc2c1-c1ccc2c3c(ccnc13)CCO2. The summed E-state index contributed by atoms with van der Waals surface area (Å²) in [6.45, 7) is 18.2. The Morgan fingerprint density at radius 3 is 1.53 bits per heavy atom. The second-order valence-electron chi connectivity index (χ2n) is 19.6. The molecule has 2 N–H and O–H groups in total. The standard InChI is InChI=1S/C28H28N2O4.C24H20N2O4.C6H13NO/c1-16-22(26(27(31)32-5)34-28(2,3)4)24(18-8-6-7-9-20(18)30-16)19-10-11-21-23-17(13-15-33-21)12-14-29-25(19)23;1-13-19(23(27)24(28)29-2)21(15-5-3-4-6-17(15)26-13)16-7-8-18-20-14(10-12-30-18)9-11-25-22(16)20;1-5(7)8-6(2,3)4/h6-12,14,26H,13,15H2,1-5H3;3-9,11,23,27H,10,12H2,1-2H3;7H,1-4H3/t26-;23-;/m00./s1. The summed E-state index contributed by atoms with van der Waals surface area (Å²) in [6.07, 6.45) is 2.88. The van der Waals surface area contributed by atoms with Crippen molar-refractivity contribution < 1.29 is 43.1 Å². The molecule has 0 unspecified atom stereocenters. The number of fused-ring (bicyclic) bond motifs is 2. The molecule has 4 aromatic carbocycles. The number of hydrogen-bond acceptors (Lipinski definition) is 14. The summed E-state index contributed by atoms with van der Waals surface area (Å²) in [4.78, 5) is 44.3. The summed E-state index contributed by atoms with van der Waals surface area (Å²) in [5.41, 5.74) is 10.6. The third-order valence-corrected chi connectivity index (χ3v) is 12.2. The molecule has 2 aliphatic rings. The van der Waals surface area contributed by atoms with Crippen molar-refractivity contribution in [1.29, 1.82) is 5.41 Å². The number of carbonyl (C=O) groups is 2. The van der Waals surface area contributed by atoms with Crippen molar-refractivity contribution in [3.63, 3.8) is 0 Å². The van der Waals surface area contributed by atoms with Crippen LogP contribution in [0.1, 0.15) is 94.3 Å². The van der Waals surface area contributed by atoms with Gasteiger partial charge >= 0.3 is 11.9 Å². The molecule has 0 saturated carbocycles. The van der Waals surface area contributed by atoms with Gasteiger partial charge in [-0.15, -0.1) is 0 Å². The molecule has 0 aliphatic carbocycles. The highest BCUT2D eigenvalue weighted by Crippen LogP contribution is 2.46. The van der Waals surface area contributed by atoms with Crippen molar-refractivity contribution in [3.8, 4) is 33.8 Å². The van der Waals surface area contributed by atoms with Gasteiger partial charge in [-0.1, -0.05) is 36.4 Å². The quantitative estimate of drug-likeness (QED) is 0.0874. The second kappa shape index (κ2) is 20.7. The number of para-hydroxylation sites is 2. The summed E-state index contributed by atoms with van der Waals surface area (Å²) in [6, 6.07) is 27.6. The molecule has 0 spiro atoms. The Labute approximate surface area is 419 Å². The molecule has 6 heterocycles. The summed E-state index contributed by atoms with van der Waals surface area (Å²) in [7, 11) is 2.64. The van der Waals surface area contributed by atoms with Gasteiger partial charge in [-0.2, -0.15) is 0 Å². The average Bonchev–Trinajstić information content (AvgIpc) is 3.34. The zero-order valence-corrected chi connectivity index (χ0v) is 42.7. The van der Waals surface area contributed by atoms with Crippen molar-refractivity contribution in [2.75, 3.05) is 27.4 Å². The van der Waals surface area contributed by atoms with Crippen LogP contribution in [0.2, 0.25) is 0 Å². The maximum atomic E-state index is 13.1. The lowest BCUT2D eigenvalue weighted by Crippen LogP contribution is -2.29. The van der Waals surface area contributed by atoms with Crippen molar-refractivity contribution >= 4 is 61.4 Å². The van der Waals surface area contributed by atoms with E-state index in [1.54, 1.807) is 20.0 Å². The number of rotatable bonds is 7. The Morgan fingerprint density at radius 2 is 1.10 bits per heavy atom. The van der Waals surface area contributed by atoms with Gasteiger partial charge in [0, 0.05) is 98.5 Å². The van der Waals surface area contributed by atoms with Crippen LogP contribution in [0, 0.1) is 19.3 Å². The fourth-order valence-corrected chi connectivity index (χ4v) is 9.52. The number of aliphatic hydroxyl groups excluding tert-OH is 1. The largest absolute Gasteiger partial charge is 0.493 e. The summed E-state index contributed by atoms with van der Waals surface area (Å²) >= 11 is 0. The first-order valence-corrected chi connectivity index (χ1v) is 23.9. The number of pyridine rings is 4. The Kier molecular flexibility index (Phi) is 14.6. The zero-order valence-electron chi connectivity index (χ0n) is 42.7. The molecule has 14 heteroatoms. The molecule has 2 atom stereocenters. The first kappa shape index (κ1) is 50.8. The van der Waals surface area contributed by atoms with Crippen LogP contribution in [0.5, 0.6) is 11.5 Å². The van der Waals surface area contributed by atoms with Gasteiger partial charge in [-0.05, 0) is 115 Å². The van der Waals surface area contributed by atoms with Crippen molar-refractivity contribution in [3.05, 3.63) is 131 Å². The van der Waals surface area contributed by atoms with Crippen LogP contribution in [0.4, 0.5) is 0 Å². The topological polar surface area (TPSA) is 185 Å². The highest BCUT2D eigenvalue weighted by atomic mass is 16.6. The predicted octanol–water partition coefficient (Wildman–Crippen LogP) is 11.4. The lowest BCUT2D eigenvalue weighted by atomic mass is 9.88. The highest BCUT2D eigenvalue weighted by Gasteiger charge is 2.34. The van der Waals surface area contributed by atoms with E-state index >= 15 is 0 Å². The monoisotopic (exact) mass is 971 g/mol. The zero-order chi connectivity index (χ0) is 51.6. The molecule has 0 amide bonds. The molecule has 2 aliphatic heterocycles. The van der Waals surface area contributed by atoms with E-state index in [1.165, 1.54) is 25.3 Å². The van der Waals surface area contributed by atoms with Gasteiger partial charge in [0.15, 0.2) is 18.1 Å². The Morgan fingerprint density at radius 1 is 0.639 bits per heavy atom. The summed E-state index contributed by atoms with van der Waals surface area (Å²) < 4.78 is 33.1. The lowest BCUT2D eigenvalue weighted by Gasteiger charge is -2.29. The number of ether oxygens (including phenoxy) is 6. The van der Waals surface area contributed by atoms with Crippen molar-refractivity contribution in [2.45, 2.75) is 98.6 Å². The van der Waals surface area contributed by atoms with Gasteiger partial charge in [-0.25, -0.2) is 9.59 Å². The number of aromatic nitrogens is 4. The Hall–Kier alpha value is -7.55. The van der Waals surface area contributed by atoms with E-state index in [0.717, 1.165) is 90.2 Å². The first-order valence-electron chi connectivity index (χ1n) is 23.9. The van der Waals surface area contributed by atoms with Gasteiger partial charge in [-0.3, -0.25) is 25.3 Å². The van der Waals surface area contributed by atoms with Gasteiger partial charge in [0.2, 0.25) is 0 Å². The number of aryl methyl sites for hydroxylation is 2. The maximum absolute atomic E-state index is 13.1. The molecular weight excluding hydrogens is 911 g/mol. The summed E-state index contributed by atoms with van der Waals surface area (Å²) in [5, 5.41) is 21.5. The van der Waals surface area contributed by atoms with E-state index in [-0.39, 0.29) is 11.5 Å². The molecule has 4 aromatic heterocycles. The van der Waals surface area contributed by atoms with Gasteiger partial charge in [0.05, 0.1) is 55.1 Å². The van der Waals surface area contributed by atoms with E-state index < -0.39 is 29.7 Å². The number of hydrogen-bond donors (Lipinski definition) is 2. The van der Waals surface area contributed by atoms with Crippen LogP contribution < -0.4 is 9.47 Å². The minimum absolute atomic E-state index is 0.203. The fraction of sp³-hybridized carbons (Fsp3) is 0.328. The van der Waals surface area contributed by atoms with Crippen molar-refractivity contribution in [1.82, 2.24) is 19.9 Å². The molecule has 8 aromatic rings. The van der Waals surface area contributed by atoms with Gasteiger partial charge in [0.25, 0.3) is 0 Å². The van der Waals surface area contributed by atoms with E-state index in [4.69, 9.17) is 43.8 Å². The van der Waals surface area contributed by atoms with Gasteiger partial charge < -0.3 is 33.5 Å². The number of esters is 2. The first-order chi connectivity index (χ1) is 34.3. The lowest BCUT2D eigenvalue weighted by molar-refractivity contribution is -0.164. The molecule has 0 bridgehead atoms. The van der Waals surface area contributed by atoms with Gasteiger partial charge in [0.1, 0.15) is 17.1 Å². The number of nitrogens with zero attached hydrogens (tertiary/aromatic N) is 4. The van der Waals surface area contributed by atoms with Crippen LogP contribution in [0.15, 0.2) is 97.3 Å². The van der Waals surface area contributed by atoms with E-state index in [9.17, 15) is 14.7 Å². The third-order valence-electron chi connectivity index (χ3n) is 12.2. The smallest absolute Gasteiger partial charge is 0.339 e. The van der Waals surface area contributed by atoms with Crippen LogP contribution in [-0.2, 0) is 41.4 Å². The Balaban J connectivity index is 0.000000168. The predicted molar refractivity (Wildman–Crippen MR) is 280 cm³/mol. The van der Waals surface area contributed by atoms with E-state index in [0.29, 0.717) is 35.7 Å². The molecule has 0 radical (unpaired) electrons. The number of methoxy groups -OCH3 is 2. The number of benzene rings is 4. The summed E-state index contributed by atoms with van der Waals surface area (Å²) in [5.74, 6) is 0.719. The molecule has 14 nitrogen and oxygen atoms in total. The molecular formula is C58H61N5O9. The Bertz CT molecular complexity index is 3370. The van der Waals surface area contributed by atoms with Crippen LogP contribution in [-0.4, -0.2) is 81.5 Å². The van der Waals surface area contributed by atoms with Crippen LogP contribution in [0.25, 0.3) is 65.9 Å². The van der Waals surface area contributed by atoms with E-state index in [2.05, 4.69) is 16.0 Å².